The molecule has 0 spiro atoms. The van der Waals surface area contributed by atoms with E-state index in [1.54, 1.807) is 4.90 Å². The predicted molar refractivity (Wildman–Crippen MR) is 81.0 cm³/mol. The number of hydrogen-bond donors (Lipinski definition) is 2. The van der Waals surface area contributed by atoms with Gasteiger partial charge in [-0.05, 0) is 36.5 Å². The van der Waals surface area contributed by atoms with Gasteiger partial charge in [0.1, 0.15) is 0 Å². The topological polar surface area (TPSA) is 52.6 Å². The third-order valence-corrected chi connectivity index (χ3v) is 4.04. The first-order valence-corrected chi connectivity index (χ1v) is 7.46. The summed E-state index contributed by atoms with van der Waals surface area (Å²) in [6, 6.07) is 6.22. The van der Waals surface area contributed by atoms with Crippen molar-refractivity contribution in [1.29, 1.82) is 0 Å². The Morgan fingerprint density at radius 3 is 2.80 bits per heavy atom. The molecule has 1 heterocycles. The van der Waals surface area contributed by atoms with Gasteiger partial charge >= 0.3 is 6.03 Å². The molecule has 0 radical (unpaired) electrons. The van der Waals surface area contributed by atoms with Crippen LogP contribution in [-0.4, -0.2) is 35.7 Å². The molecule has 0 saturated carbocycles. The lowest BCUT2D eigenvalue weighted by molar-refractivity contribution is 0.208. The maximum Gasteiger partial charge on any atom is 0.321 e. The van der Waals surface area contributed by atoms with Crippen LogP contribution in [0.5, 0.6) is 0 Å². The van der Waals surface area contributed by atoms with Gasteiger partial charge in [0.2, 0.25) is 0 Å². The number of amides is 2. The number of rotatable bonds is 4. The van der Waals surface area contributed by atoms with Gasteiger partial charge in [0.15, 0.2) is 0 Å². The van der Waals surface area contributed by atoms with Crippen LogP contribution in [0.4, 0.5) is 10.5 Å². The fraction of sp³-hybridized carbons (Fsp3) is 0.562. The van der Waals surface area contributed by atoms with Crippen LogP contribution < -0.4 is 5.32 Å². The smallest absolute Gasteiger partial charge is 0.321 e. The molecule has 2 rings (SSSR count). The zero-order valence-electron chi connectivity index (χ0n) is 12.4. The summed E-state index contributed by atoms with van der Waals surface area (Å²) < 4.78 is 0. The number of hydrogen-bond acceptors (Lipinski definition) is 2. The minimum absolute atomic E-state index is 0.0519. The number of likely N-dealkylation sites (tertiary alicyclic amines) is 1. The molecule has 1 aliphatic heterocycles. The van der Waals surface area contributed by atoms with Crippen molar-refractivity contribution in [3.63, 3.8) is 0 Å². The highest BCUT2D eigenvalue weighted by molar-refractivity contribution is 5.90. The minimum Gasteiger partial charge on any atom is -0.396 e. The molecular weight excluding hydrogens is 252 g/mol. The Balaban J connectivity index is 2.07. The number of nitrogens with zero attached hydrogens (tertiary/aromatic N) is 1. The van der Waals surface area contributed by atoms with Crippen LogP contribution in [0.1, 0.15) is 31.4 Å². The van der Waals surface area contributed by atoms with Crippen LogP contribution in [0.25, 0.3) is 0 Å². The van der Waals surface area contributed by atoms with Gasteiger partial charge in [-0.1, -0.05) is 26.0 Å². The van der Waals surface area contributed by atoms with Crippen molar-refractivity contribution in [1.82, 2.24) is 4.90 Å². The highest BCUT2D eigenvalue weighted by atomic mass is 16.3. The number of carbonyl (C=O) groups excluding carboxylic acids is 1. The highest BCUT2D eigenvalue weighted by Gasteiger charge is 2.25. The van der Waals surface area contributed by atoms with Crippen LogP contribution in [0.15, 0.2) is 18.2 Å². The average Bonchev–Trinajstić information content (AvgIpc) is 2.96. The second kappa shape index (κ2) is 6.75. The number of aryl methyl sites for hydroxylation is 2. The molecule has 1 fully saturated rings. The van der Waals surface area contributed by atoms with E-state index in [-0.39, 0.29) is 18.6 Å². The summed E-state index contributed by atoms with van der Waals surface area (Å²) in [5.41, 5.74) is 3.31. The third kappa shape index (κ3) is 3.31. The number of aliphatic hydroxyl groups excluding tert-OH is 1. The number of carbonyl (C=O) groups is 1. The second-order valence-corrected chi connectivity index (χ2v) is 5.41. The van der Waals surface area contributed by atoms with E-state index in [0.717, 1.165) is 37.1 Å². The molecule has 1 unspecified atom stereocenters. The molecular formula is C16H24N2O2. The summed E-state index contributed by atoms with van der Waals surface area (Å²) in [4.78, 5) is 14.1. The molecule has 1 aliphatic rings. The molecule has 110 valence electrons. The fourth-order valence-electron chi connectivity index (χ4n) is 2.63. The summed E-state index contributed by atoms with van der Waals surface area (Å²) in [7, 11) is 0. The molecule has 4 nitrogen and oxygen atoms in total. The summed E-state index contributed by atoms with van der Waals surface area (Å²) >= 11 is 0. The van der Waals surface area contributed by atoms with Gasteiger partial charge in [-0.2, -0.15) is 0 Å². The Morgan fingerprint density at radius 2 is 2.20 bits per heavy atom. The molecule has 1 aromatic rings. The van der Waals surface area contributed by atoms with E-state index in [1.165, 1.54) is 5.56 Å². The highest BCUT2D eigenvalue weighted by Crippen LogP contribution is 2.21. The average molecular weight is 276 g/mol. The SMILES string of the molecule is CCc1ccc(CC)c(NC(=O)N2CCC(CO)C2)c1. The van der Waals surface area contributed by atoms with E-state index >= 15 is 0 Å². The molecule has 1 aromatic carbocycles. The maximum absolute atomic E-state index is 12.3. The first-order valence-electron chi connectivity index (χ1n) is 7.46. The molecule has 1 atom stereocenters. The van der Waals surface area contributed by atoms with Gasteiger partial charge in [0, 0.05) is 31.3 Å². The second-order valence-electron chi connectivity index (χ2n) is 5.41. The normalized spacial score (nSPS) is 18.4. The zero-order chi connectivity index (χ0) is 14.5. The van der Waals surface area contributed by atoms with Crippen molar-refractivity contribution < 1.29 is 9.90 Å². The van der Waals surface area contributed by atoms with E-state index in [2.05, 4.69) is 37.4 Å². The number of aliphatic hydroxyl groups is 1. The summed E-state index contributed by atoms with van der Waals surface area (Å²) in [6.45, 7) is 5.74. The molecule has 0 aromatic heterocycles. The van der Waals surface area contributed by atoms with Crippen molar-refractivity contribution in [3.8, 4) is 0 Å². The van der Waals surface area contributed by atoms with E-state index in [1.807, 2.05) is 0 Å². The minimum atomic E-state index is -0.0519. The van der Waals surface area contributed by atoms with Gasteiger partial charge in [-0.25, -0.2) is 4.79 Å². The van der Waals surface area contributed by atoms with E-state index < -0.39 is 0 Å². The summed E-state index contributed by atoms with van der Waals surface area (Å²) in [5.74, 6) is 0.230. The molecule has 0 bridgehead atoms. The molecule has 2 N–H and O–H groups in total. The lowest BCUT2D eigenvalue weighted by Gasteiger charge is -2.19. The van der Waals surface area contributed by atoms with Crippen molar-refractivity contribution in [3.05, 3.63) is 29.3 Å². The number of urea groups is 1. The largest absolute Gasteiger partial charge is 0.396 e. The van der Waals surface area contributed by atoms with E-state index in [0.29, 0.717) is 6.54 Å². The molecule has 4 heteroatoms. The van der Waals surface area contributed by atoms with Crippen molar-refractivity contribution in [2.75, 3.05) is 25.0 Å². The Morgan fingerprint density at radius 1 is 1.40 bits per heavy atom. The Kier molecular flexibility index (Phi) is 5.01. The van der Waals surface area contributed by atoms with Crippen molar-refractivity contribution >= 4 is 11.7 Å². The van der Waals surface area contributed by atoms with Crippen LogP contribution in [0, 0.1) is 5.92 Å². The lowest BCUT2D eigenvalue weighted by Crippen LogP contribution is -2.33. The predicted octanol–water partition coefficient (Wildman–Crippen LogP) is 2.66. The Bertz CT molecular complexity index is 474. The van der Waals surface area contributed by atoms with E-state index in [9.17, 15) is 4.79 Å². The number of benzene rings is 1. The maximum atomic E-state index is 12.3. The van der Waals surface area contributed by atoms with Gasteiger partial charge < -0.3 is 15.3 Å². The van der Waals surface area contributed by atoms with E-state index in [4.69, 9.17) is 5.11 Å². The third-order valence-electron chi connectivity index (χ3n) is 4.04. The quantitative estimate of drug-likeness (QED) is 0.888. The van der Waals surface area contributed by atoms with Gasteiger partial charge in [-0.15, -0.1) is 0 Å². The van der Waals surface area contributed by atoms with Gasteiger partial charge in [0.05, 0.1) is 0 Å². The Hall–Kier alpha value is -1.55. The summed E-state index contributed by atoms with van der Waals surface area (Å²) in [6.07, 6.45) is 2.75. The molecule has 2 amide bonds. The number of nitrogens with one attached hydrogen (secondary N) is 1. The van der Waals surface area contributed by atoms with Crippen molar-refractivity contribution in [2.24, 2.45) is 5.92 Å². The van der Waals surface area contributed by atoms with Gasteiger partial charge in [0.25, 0.3) is 0 Å². The first kappa shape index (κ1) is 14.9. The van der Waals surface area contributed by atoms with Crippen LogP contribution in [0.2, 0.25) is 0 Å². The monoisotopic (exact) mass is 276 g/mol. The van der Waals surface area contributed by atoms with Crippen LogP contribution in [-0.2, 0) is 12.8 Å². The standard InChI is InChI=1S/C16H24N2O2/c1-3-12-5-6-14(4-2)15(9-12)17-16(20)18-8-7-13(10-18)11-19/h5-6,9,13,19H,3-4,7-8,10-11H2,1-2H3,(H,17,20). The molecule has 0 aliphatic carbocycles. The van der Waals surface area contributed by atoms with Crippen LogP contribution in [0.3, 0.4) is 0 Å². The fourth-order valence-corrected chi connectivity index (χ4v) is 2.63. The molecule has 1 saturated heterocycles. The Labute approximate surface area is 120 Å². The lowest BCUT2D eigenvalue weighted by atomic mass is 10.1. The molecule has 20 heavy (non-hydrogen) atoms. The first-order chi connectivity index (χ1) is 9.67. The summed E-state index contributed by atoms with van der Waals surface area (Å²) in [5, 5.41) is 12.2. The van der Waals surface area contributed by atoms with Gasteiger partial charge in [-0.3, -0.25) is 0 Å². The van der Waals surface area contributed by atoms with Crippen molar-refractivity contribution in [2.45, 2.75) is 33.1 Å². The zero-order valence-corrected chi connectivity index (χ0v) is 12.4. The number of anilines is 1. The van der Waals surface area contributed by atoms with Crippen LogP contribution >= 0.6 is 0 Å².